The topological polar surface area (TPSA) is 105 Å². The molecule has 0 aliphatic carbocycles. The fourth-order valence-corrected chi connectivity index (χ4v) is 6.25. The number of piperazine rings is 1. The predicted octanol–water partition coefficient (Wildman–Crippen LogP) is 4.58. The van der Waals surface area contributed by atoms with Crippen LogP contribution in [0.2, 0.25) is 0 Å². The van der Waals surface area contributed by atoms with E-state index in [0.717, 1.165) is 55.3 Å². The first-order valence-corrected chi connectivity index (χ1v) is 16.6. The Morgan fingerprint density at radius 2 is 1.46 bits per heavy atom. The van der Waals surface area contributed by atoms with Gasteiger partial charge in [-0.15, -0.1) is 0 Å². The third-order valence-corrected chi connectivity index (χ3v) is 9.28. The second-order valence-corrected chi connectivity index (χ2v) is 12.5. The number of ether oxygens (including phenoxy) is 3. The van der Waals surface area contributed by atoms with E-state index >= 15 is 0 Å². The fraction of sp³-hybridized carbons (Fsp3) is 0.389. The van der Waals surface area contributed by atoms with Gasteiger partial charge in [0.2, 0.25) is 5.79 Å². The van der Waals surface area contributed by atoms with Crippen molar-refractivity contribution in [1.82, 2.24) is 29.3 Å². The fourth-order valence-electron chi connectivity index (χ4n) is 6.25. The molecule has 2 fully saturated rings. The van der Waals surface area contributed by atoms with Crippen LogP contribution >= 0.6 is 0 Å². The molecule has 0 N–H and O–H groups in total. The molecule has 7 rings (SSSR count). The standard InChI is InChI=1S/C36H42N8O4/c1-4-28(3)44-35(45)42(26-39-44)32-11-9-30(10-12-32)40-19-21-41(22-20-40)31-13-15-33(16-14-31)46-23-34-24-47-36(48-34,25-43-37-17-18-38-43)29-7-5-27(2)6-8-29/h5-18,26,28,34H,4,19-25H2,1-3H3/t28?,34-,36-/m1/s1. The van der Waals surface area contributed by atoms with Crippen LogP contribution in [0.5, 0.6) is 5.75 Å². The van der Waals surface area contributed by atoms with Gasteiger partial charge in [-0.25, -0.2) is 14.0 Å². The van der Waals surface area contributed by atoms with Gasteiger partial charge in [0.1, 0.15) is 31.3 Å². The first-order valence-electron chi connectivity index (χ1n) is 16.6. The number of hydrogen-bond donors (Lipinski definition) is 0. The van der Waals surface area contributed by atoms with E-state index in [9.17, 15) is 4.79 Å². The number of nitrogens with zero attached hydrogens (tertiary/aromatic N) is 8. The Hall–Kier alpha value is -4.94. The molecule has 0 saturated carbocycles. The maximum Gasteiger partial charge on any atom is 0.350 e. The quantitative estimate of drug-likeness (QED) is 0.203. The van der Waals surface area contributed by atoms with Crippen molar-refractivity contribution in [1.29, 1.82) is 0 Å². The lowest BCUT2D eigenvalue weighted by Crippen LogP contribution is -2.46. The van der Waals surface area contributed by atoms with Crippen molar-refractivity contribution < 1.29 is 14.2 Å². The summed E-state index contributed by atoms with van der Waals surface area (Å²) in [5, 5.41) is 12.8. The minimum atomic E-state index is -0.981. The number of benzene rings is 3. The molecular formula is C36H42N8O4. The SMILES string of the molecule is CCC(C)n1ncn(-c2ccc(N3CCN(c4ccc(OC[C@@H]5CO[C@@](Cn6nccn6)(c6ccc(C)cc6)O5)cc4)CC3)cc2)c1=O. The molecule has 4 heterocycles. The van der Waals surface area contributed by atoms with Gasteiger partial charge < -0.3 is 24.0 Å². The molecule has 0 amide bonds. The summed E-state index contributed by atoms with van der Waals surface area (Å²) in [5.74, 6) is -0.192. The van der Waals surface area contributed by atoms with E-state index in [1.54, 1.807) is 32.8 Å². The van der Waals surface area contributed by atoms with E-state index in [1.165, 1.54) is 11.3 Å². The lowest BCUT2D eigenvalue weighted by molar-refractivity contribution is -0.192. The first-order chi connectivity index (χ1) is 23.4. The highest BCUT2D eigenvalue weighted by Gasteiger charge is 2.44. The van der Waals surface area contributed by atoms with Gasteiger partial charge in [-0.05, 0) is 68.8 Å². The van der Waals surface area contributed by atoms with Crippen molar-refractivity contribution in [3.05, 3.63) is 113 Å². The number of aromatic nitrogens is 6. The van der Waals surface area contributed by atoms with E-state index < -0.39 is 5.79 Å². The lowest BCUT2D eigenvalue weighted by atomic mass is 10.0. The average molecular weight is 651 g/mol. The van der Waals surface area contributed by atoms with E-state index in [1.807, 2.05) is 43.3 Å². The Morgan fingerprint density at radius 3 is 2.08 bits per heavy atom. The third-order valence-electron chi connectivity index (χ3n) is 9.28. The van der Waals surface area contributed by atoms with E-state index in [4.69, 9.17) is 14.2 Å². The largest absolute Gasteiger partial charge is 0.491 e. The van der Waals surface area contributed by atoms with Crippen LogP contribution in [0, 0.1) is 6.92 Å². The summed E-state index contributed by atoms with van der Waals surface area (Å²) in [7, 11) is 0. The van der Waals surface area contributed by atoms with Gasteiger partial charge in [-0.2, -0.15) is 20.1 Å². The maximum atomic E-state index is 12.8. The molecule has 0 radical (unpaired) electrons. The van der Waals surface area contributed by atoms with E-state index in [2.05, 4.69) is 75.3 Å². The number of aryl methyl sites for hydroxylation is 1. The molecule has 3 aromatic carbocycles. The summed E-state index contributed by atoms with van der Waals surface area (Å²) in [4.78, 5) is 19.2. The molecule has 2 aromatic heterocycles. The molecule has 0 bridgehead atoms. The molecule has 12 heteroatoms. The Balaban J connectivity index is 0.916. The minimum absolute atomic E-state index is 0.0717. The van der Waals surface area contributed by atoms with Gasteiger partial charge in [0.15, 0.2) is 0 Å². The van der Waals surface area contributed by atoms with E-state index in [0.29, 0.717) is 19.8 Å². The minimum Gasteiger partial charge on any atom is -0.491 e. The summed E-state index contributed by atoms with van der Waals surface area (Å²) in [6.45, 7) is 10.8. The zero-order chi connectivity index (χ0) is 33.1. The normalized spacial score (nSPS) is 20.3. The van der Waals surface area contributed by atoms with Crippen LogP contribution in [0.4, 0.5) is 11.4 Å². The van der Waals surface area contributed by atoms with Crippen molar-refractivity contribution in [2.75, 3.05) is 49.2 Å². The molecular weight excluding hydrogens is 608 g/mol. The van der Waals surface area contributed by atoms with Crippen LogP contribution in [0.1, 0.15) is 37.4 Å². The zero-order valence-corrected chi connectivity index (χ0v) is 27.7. The maximum absolute atomic E-state index is 12.8. The Kier molecular flexibility index (Phi) is 9.00. The van der Waals surface area contributed by atoms with Crippen LogP contribution in [0.25, 0.3) is 5.69 Å². The second-order valence-electron chi connectivity index (χ2n) is 12.5. The van der Waals surface area contributed by atoms with Crippen molar-refractivity contribution in [2.24, 2.45) is 0 Å². The van der Waals surface area contributed by atoms with Gasteiger partial charge in [0.25, 0.3) is 0 Å². The van der Waals surface area contributed by atoms with Crippen molar-refractivity contribution >= 4 is 11.4 Å². The average Bonchev–Trinajstić information content (AvgIpc) is 3.89. The monoisotopic (exact) mass is 650 g/mol. The lowest BCUT2D eigenvalue weighted by Gasteiger charge is -2.37. The molecule has 3 atom stereocenters. The number of anilines is 2. The third kappa shape index (κ3) is 6.58. The number of rotatable bonds is 11. The van der Waals surface area contributed by atoms with Crippen LogP contribution in [-0.2, 0) is 21.8 Å². The summed E-state index contributed by atoms with van der Waals surface area (Å²) in [6, 6.07) is 24.7. The molecule has 12 nitrogen and oxygen atoms in total. The van der Waals surface area contributed by atoms with Crippen molar-refractivity contribution in [3.8, 4) is 11.4 Å². The van der Waals surface area contributed by atoms with Gasteiger partial charge in [-0.3, -0.25) is 0 Å². The Morgan fingerprint density at radius 1 is 0.854 bits per heavy atom. The molecule has 2 saturated heterocycles. The molecule has 5 aromatic rings. The van der Waals surface area contributed by atoms with Gasteiger partial charge in [-0.1, -0.05) is 36.8 Å². The van der Waals surface area contributed by atoms with Crippen molar-refractivity contribution in [2.45, 2.75) is 51.7 Å². The molecule has 1 unspecified atom stereocenters. The summed E-state index contributed by atoms with van der Waals surface area (Å²) >= 11 is 0. The van der Waals surface area contributed by atoms with Gasteiger partial charge >= 0.3 is 5.69 Å². The van der Waals surface area contributed by atoms with E-state index in [-0.39, 0.29) is 17.8 Å². The Bertz CT molecular complexity index is 1830. The number of hydrogen-bond acceptors (Lipinski definition) is 9. The Labute approximate surface area is 280 Å². The highest BCUT2D eigenvalue weighted by Crippen LogP contribution is 2.36. The summed E-state index contributed by atoms with van der Waals surface area (Å²) in [5.41, 5.74) is 5.12. The highest BCUT2D eigenvalue weighted by atomic mass is 16.8. The van der Waals surface area contributed by atoms with Crippen LogP contribution in [0.15, 0.2) is 96.3 Å². The first kappa shape index (κ1) is 31.6. The van der Waals surface area contributed by atoms with Gasteiger partial charge in [0, 0.05) is 43.1 Å². The second kappa shape index (κ2) is 13.7. The highest BCUT2D eigenvalue weighted by molar-refractivity contribution is 5.54. The molecule has 48 heavy (non-hydrogen) atoms. The molecule has 250 valence electrons. The van der Waals surface area contributed by atoms with Gasteiger partial charge in [0.05, 0.1) is 30.7 Å². The zero-order valence-electron chi connectivity index (χ0n) is 27.7. The predicted molar refractivity (Wildman–Crippen MR) is 183 cm³/mol. The van der Waals surface area contributed by atoms with Crippen LogP contribution < -0.4 is 20.2 Å². The summed E-state index contributed by atoms with van der Waals surface area (Å²) < 4.78 is 22.1. The molecule has 2 aliphatic rings. The van der Waals surface area contributed by atoms with Crippen LogP contribution in [0.3, 0.4) is 0 Å². The smallest absolute Gasteiger partial charge is 0.350 e. The van der Waals surface area contributed by atoms with Crippen molar-refractivity contribution in [3.63, 3.8) is 0 Å². The van der Waals surface area contributed by atoms with Crippen LogP contribution in [-0.4, -0.2) is 74.8 Å². The molecule has 0 spiro atoms. The summed E-state index contributed by atoms with van der Waals surface area (Å²) in [6.07, 6.45) is 5.52. The molecule has 2 aliphatic heterocycles.